The van der Waals surface area contributed by atoms with E-state index in [0.717, 1.165) is 19.3 Å². The zero-order valence-electron chi connectivity index (χ0n) is 10.3. The monoisotopic (exact) mass is 231 g/mol. The number of hydrogen-bond acceptors (Lipinski definition) is 5. The fourth-order valence-corrected chi connectivity index (χ4v) is 1.08. The molecule has 0 aliphatic heterocycles. The summed E-state index contributed by atoms with van der Waals surface area (Å²) in [4.78, 5) is 21.0. The molecule has 0 atom stereocenters. The molecule has 0 saturated heterocycles. The Morgan fingerprint density at radius 1 is 1.19 bits per heavy atom. The van der Waals surface area contributed by atoms with E-state index >= 15 is 0 Å². The van der Waals surface area contributed by atoms with Gasteiger partial charge >= 0.3 is 5.97 Å². The van der Waals surface area contributed by atoms with E-state index in [-0.39, 0.29) is 12.6 Å². The van der Waals surface area contributed by atoms with Crippen LogP contribution in [0.4, 0.5) is 0 Å². The second-order valence-corrected chi connectivity index (χ2v) is 4.55. The second-order valence-electron chi connectivity index (χ2n) is 4.55. The summed E-state index contributed by atoms with van der Waals surface area (Å²) in [5, 5.41) is 2.76. The fourth-order valence-electron chi connectivity index (χ4n) is 1.08. The maximum absolute atomic E-state index is 11.2. The number of carbonyl (C=O) groups excluding carboxylic acids is 1. The first-order valence-corrected chi connectivity index (χ1v) is 5.54. The Bertz CT molecular complexity index is 211. The largest absolute Gasteiger partial charge is 0.458 e. The Balaban J connectivity index is 3.31. The smallest absolute Gasteiger partial charge is 0.332 e. The van der Waals surface area contributed by atoms with Gasteiger partial charge in [0, 0.05) is 6.61 Å². The number of unbranched alkanes of at least 4 members (excludes halogenated alkanes) is 2. The molecular weight excluding hydrogens is 210 g/mol. The molecule has 5 heteroatoms. The van der Waals surface area contributed by atoms with Crippen LogP contribution in [0.3, 0.4) is 0 Å². The van der Waals surface area contributed by atoms with Crippen LogP contribution < -0.4 is 0 Å². The minimum Gasteiger partial charge on any atom is -0.458 e. The van der Waals surface area contributed by atoms with Gasteiger partial charge in [-0.25, -0.2) is 4.79 Å². The molecule has 0 heterocycles. The van der Waals surface area contributed by atoms with E-state index in [0.29, 0.717) is 13.2 Å². The number of ether oxygens (including phenoxy) is 2. The topological polar surface area (TPSA) is 65.0 Å². The number of esters is 1. The van der Waals surface area contributed by atoms with E-state index in [9.17, 15) is 9.70 Å². The molecule has 0 N–H and O–H groups in total. The van der Waals surface area contributed by atoms with Crippen LogP contribution in [0.15, 0.2) is 5.18 Å². The van der Waals surface area contributed by atoms with E-state index in [2.05, 4.69) is 5.18 Å². The molecule has 0 aliphatic carbocycles. The quantitative estimate of drug-likeness (QED) is 0.365. The van der Waals surface area contributed by atoms with Gasteiger partial charge in [-0.2, -0.15) is 4.91 Å². The zero-order valence-corrected chi connectivity index (χ0v) is 10.3. The molecule has 5 nitrogen and oxygen atoms in total. The lowest BCUT2D eigenvalue weighted by atomic mass is 10.2. The van der Waals surface area contributed by atoms with Crippen molar-refractivity contribution in [1.82, 2.24) is 0 Å². The number of nitrogens with zero attached hydrogens (tertiary/aromatic N) is 1. The van der Waals surface area contributed by atoms with Gasteiger partial charge in [-0.3, -0.25) is 0 Å². The summed E-state index contributed by atoms with van der Waals surface area (Å²) in [6, 6.07) is 0. The second kappa shape index (κ2) is 8.21. The molecule has 0 aromatic heterocycles. The highest BCUT2D eigenvalue weighted by molar-refractivity contribution is 5.71. The molecule has 0 fully saturated rings. The summed E-state index contributed by atoms with van der Waals surface area (Å²) in [5.74, 6) is -0.345. The van der Waals surface area contributed by atoms with Crippen LogP contribution in [0.1, 0.15) is 40.0 Å². The maximum atomic E-state index is 11.2. The first-order chi connectivity index (χ1) is 7.45. The van der Waals surface area contributed by atoms with Gasteiger partial charge in [-0.05, 0) is 40.0 Å². The van der Waals surface area contributed by atoms with Gasteiger partial charge in [-0.1, -0.05) is 5.18 Å². The Hall–Kier alpha value is -0.970. The summed E-state index contributed by atoms with van der Waals surface area (Å²) in [7, 11) is 0. The van der Waals surface area contributed by atoms with Gasteiger partial charge in [0.05, 0.1) is 6.54 Å². The van der Waals surface area contributed by atoms with E-state index in [1.807, 2.05) is 20.8 Å². The van der Waals surface area contributed by atoms with E-state index < -0.39 is 5.60 Å². The van der Waals surface area contributed by atoms with Crippen molar-refractivity contribution in [2.75, 3.05) is 19.8 Å². The summed E-state index contributed by atoms with van der Waals surface area (Å²) in [6.07, 6.45) is 2.50. The molecule has 0 rings (SSSR count). The van der Waals surface area contributed by atoms with Gasteiger partial charge in [0.25, 0.3) is 0 Å². The minimum absolute atomic E-state index is 0.0107. The van der Waals surface area contributed by atoms with Crippen molar-refractivity contribution in [3.63, 3.8) is 0 Å². The lowest BCUT2D eigenvalue weighted by Crippen LogP contribution is -2.26. The van der Waals surface area contributed by atoms with Crippen LogP contribution in [0.5, 0.6) is 0 Å². The summed E-state index contributed by atoms with van der Waals surface area (Å²) >= 11 is 0. The standard InChI is InChI=1S/C11H21NO4/c1-11(2,3)16-10(13)9-15-8-6-4-5-7-12-14/h4-9H2,1-3H3. The highest BCUT2D eigenvalue weighted by Crippen LogP contribution is 2.06. The van der Waals surface area contributed by atoms with Crippen molar-refractivity contribution >= 4 is 5.97 Å². The van der Waals surface area contributed by atoms with Crippen LogP contribution in [0.2, 0.25) is 0 Å². The van der Waals surface area contributed by atoms with Crippen molar-refractivity contribution in [2.45, 2.75) is 45.6 Å². The highest BCUT2D eigenvalue weighted by Gasteiger charge is 2.15. The van der Waals surface area contributed by atoms with Gasteiger partial charge in [-0.15, -0.1) is 0 Å². The molecule has 0 unspecified atom stereocenters. The van der Waals surface area contributed by atoms with Crippen molar-refractivity contribution in [1.29, 1.82) is 0 Å². The molecule has 0 aromatic carbocycles. The Kier molecular flexibility index (Phi) is 7.72. The van der Waals surface area contributed by atoms with Crippen LogP contribution in [-0.4, -0.2) is 31.3 Å². The van der Waals surface area contributed by atoms with Crippen molar-refractivity contribution in [3.05, 3.63) is 4.91 Å². The zero-order chi connectivity index (χ0) is 12.4. The molecule has 0 saturated carbocycles. The SMILES string of the molecule is CC(C)(C)OC(=O)COCCCCCN=O. The van der Waals surface area contributed by atoms with Crippen molar-refractivity contribution < 1.29 is 14.3 Å². The van der Waals surface area contributed by atoms with Crippen LogP contribution in [0.25, 0.3) is 0 Å². The van der Waals surface area contributed by atoms with Crippen molar-refractivity contribution in [3.8, 4) is 0 Å². The number of rotatable bonds is 8. The third-order valence-corrected chi connectivity index (χ3v) is 1.68. The molecule has 0 spiro atoms. The summed E-state index contributed by atoms with van der Waals surface area (Å²) in [5.41, 5.74) is -0.462. The maximum Gasteiger partial charge on any atom is 0.332 e. The molecule has 0 aromatic rings. The van der Waals surface area contributed by atoms with E-state index in [1.165, 1.54) is 0 Å². The molecule has 0 aliphatic rings. The minimum atomic E-state index is -0.462. The van der Waals surface area contributed by atoms with Crippen LogP contribution >= 0.6 is 0 Å². The lowest BCUT2D eigenvalue weighted by molar-refractivity contribution is -0.160. The Morgan fingerprint density at radius 2 is 1.88 bits per heavy atom. The van der Waals surface area contributed by atoms with E-state index in [1.54, 1.807) is 0 Å². The van der Waals surface area contributed by atoms with E-state index in [4.69, 9.17) is 9.47 Å². The van der Waals surface area contributed by atoms with Crippen LogP contribution in [0, 0.1) is 4.91 Å². The molecule has 16 heavy (non-hydrogen) atoms. The van der Waals surface area contributed by atoms with Crippen molar-refractivity contribution in [2.24, 2.45) is 5.18 Å². The molecule has 0 radical (unpaired) electrons. The lowest BCUT2D eigenvalue weighted by Gasteiger charge is -2.19. The number of carbonyl (C=O) groups is 1. The van der Waals surface area contributed by atoms with Gasteiger partial charge in [0.1, 0.15) is 12.2 Å². The van der Waals surface area contributed by atoms with Gasteiger partial charge < -0.3 is 9.47 Å². The Labute approximate surface area is 96.5 Å². The van der Waals surface area contributed by atoms with Gasteiger partial charge in [0.15, 0.2) is 0 Å². The third-order valence-electron chi connectivity index (χ3n) is 1.68. The molecule has 0 amide bonds. The third kappa shape index (κ3) is 11.1. The first kappa shape index (κ1) is 15.0. The first-order valence-electron chi connectivity index (χ1n) is 5.54. The fraction of sp³-hybridized carbons (Fsp3) is 0.909. The van der Waals surface area contributed by atoms with Gasteiger partial charge in [0.2, 0.25) is 0 Å². The summed E-state index contributed by atoms with van der Waals surface area (Å²) < 4.78 is 10.2. The summed E-state index contributed by atoms with van der Waals surface area (Å²) in [6.45, 7) is 6.30. The highest BCUT2D eigenvalue weighted by atomic mass is 16.6. The molecule has 94 valence electrons. The Morgan fingerprint density at radius 3 is 2.44 bits per heavy atom. The molecule has 0 bridgehead atoms. The predicted molar refractivity (Wildman–Crippen MR) is 61.2 cm³/mol. The number of hydrogen-bond donors (Lipinski definition) is 0. The predicted octanol–water partition coefficient (Wildman–Crippen LogP) is 2.28. The number of nitroso groups, excluding NO2 is 1. The normalized spacial score (nSPS) is 11.2. The molecular formula is C11H21NO4. The average molecular weight is 231 g/mol. The van der Waals surface area contributed by atoms with Crippen LogP contribution in [-0.2, 0) is 14.3 Å². The average Bonchev–Trinajstić information content (AvgIpc) is 2.13.